The minimum atomic E-state index is -1.30. The van der Waals surface area contributed by atoms with Gasteiger partial charge < -0.3 is 5.11 Å². The molecule has 1 rings (SSSR count). The second kappa shape index (κ2) is 4.68. The van der Waals surface area contributed by atoms with E-state index in [0.29, 0.717) is 6.07 Å². The van der Waals surface area contributed by atoms with Crippen LogP contribution in [0.2, 0.25) is 0 Å². The molecule has 14 heavy (non-hydrogen) atoms. The molecule has 0 unspecified atom stereocenters. The first-order valence-corrected chi connectivity index (χ1v) is 3.90. The van der Waals surface area contributed by atoms with Crippen LogP contribution in [0.25, 0.3) is 0 Å². The molecule has 0 radical (unpaired) electrons. The van der Waals surface area contributed by atoms with Crippen molar-refractivity contribution in [3.8, 4) is 11.8 Å². The maximum atomic E-state index is 12.9. The van der Waals surface area contributed by atoms with Gasteiger partial charge >= 0.3 is 0 Å². The van der Waals surface area contributed by atoms with E-state index in [0.717, 1.165) is 6.07 Å². The van der Waals surface area contributed by atoms with Crippen LogP contribution in [0.15, 0.2) is 12.1 Å². The lowest BCUT2D eigenvalue weighted by Crippen LogP contribution is -1.94. The van der Waals surface area contributed by atoms with E-state index < -0.39 is 23.0 Å². The Morgan fingerprint density at radius 1 is 1.14 bits per heavy atom. The Balaban J connectivity index is 3.08. The highest BCUT2D eigenvalue weighted by atomic mass is 19.2. The molecule has 1 N–H and O–H groups in total. The summed E-state index contributed by atoms with van der Waals surface area (Å²) in [5, 5.41) is 8.37. The van der Waals surface area contributed by atoms with Crippen molar-refractivity contribution in [1.82, 2.24) is 0 Å². The van der Waals surface area contributed by atoms with Gasteiger partial charge in [0.2, 0.25) is 0 Å². The average Bonchev–Trinajstić information content (AvgIpc) is 2.18. The minimum absolute atomic E-state index is 0.0927. The molecule has 0 aliphatic rings. The summed E-state index contributed by atoms with van der Waals surface area (Å²) >= 11 is 0. The second-order valence-corrected chi connectivity index (χ2v) is 2.49. The van der Waals surface area contributed by atoms with Gasteiger partial charge in [0.1, 0.15) is 5.82 Å². The minimum Gasteiger partial charge on any atom is -0.395 e. The fourth-order valence-electron chi connectivity index (χ4n) is 0.848. The molecule has 1 aromatic carbocycles. The number of rotatable bonds is 1. The molecular weight excluding hydrogens is 193 g/mol. The lowest BCUT2D eigenvalue weighted by molar-refractivity contribution is 0.305. The van der Waals surface area contributed by atoms with Crippen molar-refractivity contribution in [2.75, 3.05) is 6.61 Å². The molecule has 0 heterocycles. The molecule has 0 spiro atoms. The summed E-state index contributed by atoms with van der Waals surface area (Å²) in [4.78, 5) is 0. The third-order valence-corrected chi connectivity index (χ3v) is 1.49. The summed E-state index contributed by atoms with van der Waals surface area (Å²) in [5.41, 5.74) is -0.599. The first-order chi connectivity index (χ1) is 6.66. The zero-order chi connectivity index (χ0) is 10.6. The van der Waals surface area contributed by atoms with Gasteiger partial charge in [-0.25, -0.2) is 13.2 Å². The van der Waals surface area contributed by atoms with E-state index in [1.165, 1.54) is 0 Å². The standard InChI is InChI=1S/C10H7F3O/c11-8-4-5-9(12)10(13)7(8)3-1-2-6-14/h4-5,14H,2,6H2. The van der Waals surface area contributed by atoms with Gasteiger partial charge in [-0.05, 0) is 12.1 Å². The first kappa shape index (κ1) is 10.6. The number of halogens is 3. The maximum absolute atomic E-state index is 12.9. The molecule has 74 valence electrons. The van der Waals surface area contributed by atoms with Crippen LogP contribution in [0.3, 0.4) is 0 Å². The van der Waals surface area contributed by atoms with E-state index in [1.54, 1.807) is 0 Å². The van der Waals surface area contributed by atoms with E-state index in [9.17, 15) is 13.2 Å². The van der Waals surface area contributed by atoms with E-state index in [-0.39, 0.29) is 13.0 Å². The van der Waals surface area contributed by atoms with Gasteiger partial charge in [-0.3, -0.25) is 0 Å². The van der Waals surface area contributed by atoms with E-state index >= 15 is 0 Å². The number of hydrogen-bond acceptors (Lipinski definition) is 1. The highest BCUT2D eigenvalue weighted by Gasteiger charge is 2.10. The van der Waals surface area contributed by atoms with Crippen LogP contribution >= 0.6 is 0 Å². The van der Waals surface area contributed by atoms with E-state index in [2.05, 4.69) is 11.8 Å². The molecule has 0 aliphatic heterocycles. The van der Waals surface area contributed by atoms with Crippen molar-refractivity contribution in [3.63, 3.8) is 0 Å². The number of aliphatic hydroxyl groups excluding tert-OH is 1. The Morgan fingerprint density at radius 3 is 2.43 bits per heavy atom. The third kappa shape index (κ3) is 2.27. The van der Waals surface area contributed by atoms with Crippen molar-refractivity contribution in [2.24, 2.45) is 0 Å². The van der Waals surface area contributed by atoms with E-state index in [4.69, 9.17) is 5.11 Å². The smallest absolute Gasteiger partial charge is 0.177 e. The fourth-order valence-corrected chi connectivity index (χ4v) is 0.848. The van der Waals surface area contributed by atoms with Crippen molar-refractivity contribution in [2.45, 2.75) is 6.42 Å². The Hall–Kier alpha value is -1.47. The Morgan fingerprint density at radius 2 is 1.79 bits per heavy atom. The zero-order valence-corrected chi connectivity index (χ0v) is 7.15. The predicted octanol–water partition coefficient (Wildman–Crippen LogP) is 1.84. The summed E-state index contributed by atoms with van der Waals surface area (Å²) in [6, 6.07) is 1.50. The van der Waals surface area contributed by atoms with Crippen LogP contribution in [0, 0.1) is 29.3 Å². The Bertz CT molecular complexity index is 390. The lowest BCUT2D eigenvalue weighted by atomic mass is 10.2. The van der Waals surface area contributed by atoms with Gasteiger partial charge in [0.05, 0.1) is 12.2 Å². The van der Waals surface area contributed by atoms with Crippen LogP contribution in [0.1, 0.15) is 12.0 Å². The van der Waals surface area contributed by atoms with Crippen molar-refractivity contribution in [1.29, 1.82) is 0 Å². The SMILES string of the molecule is OCCC#Cc1c(F)ccc(F)c1F. The normalized spacial score (nSPS) is 9.43. The topological polar surface area (TPSA) is 20.2 Å². The van der Waals surface area contributed by atoms with Crippen LogP contribution in [-0.4, -0.2) is 11.7 Å². The van der Waals surface area contributed by atoms with Gasteiger partial charge in [0, 0.05) is 6.42 Å². The molecular formula is C10H7F3O. The van der Waals surface area contributed by atoms with Crippen LogP contribution in [0.5, 0.6) is 0 Å². The summed E-state index contributed by atoms with van der Waals surface area (Å²) in [6.45, 7) is -0.203. The van der Waals surface area contributed by atoms with Gasteiger partial charge in [-0.15, -0.1) is 0 Å². The average molecular weight is 200 g/mol. The third-order valence-electron chi connectivity index (χ3n) is 1.49. The molecule has 4 heteroatoms. The molecule has 0 atom stereocenters. The maximum Gasteiger partial charge on any atom is 0.177 e. The molecule has 0 saturated heterocycles. The molecule has 0 amide bonds. The molecule has 0 aromatic heterocycles. The molecule has 1 nitrogen and oxygen atoms in total. The van der Waals surface area contributed by atoms with Crippen LogP contribution < -0.4 is 0 Å². The molecule has 0 bridgehead atoms. The van der Waals surface area contributed by atoms with Gasteiger partial charge in [0.15, 0.2) is 11.6 Å². The van der Waals surface area contributed by atoms with Crippen molar-refractivity contribution in [3.05, 3.63) is 35.1 Å². The van der Waals surface area contributed by atoms with Crippen LogP contribution in [-0.2, 0) is 0 Å². The molecule has 0 fully saturated rings. The van der Waals surface area contributed by atoms with Gasteiger partial charge in [-0.2, -0.15) is 0 Å². The largest absolute Gasteiger partial charge is 0.395 e. The second-order valence-electron chi connectivity index (χ2n) is 2.49. The highest BCUT2D eigenvalue weighted by Crippen LogP contribution is 2.14. The zero-order valence-electron chi connectivity index (χ0n) is 7.15. The summed E-state index contributed by atoms with van der Waals surface area (Å²) in [7, 11) is 0. The number of benzene rings is 1. The van der Waals surface area contributed by atoms with E-state index in [1.807, 2.05) is 0 Å². The molecule has 0 aliphatic carbocycles. The summed E-state index contributed by atoms with van der Waals surface area (Å²) in [6.07, 6.45) is 0.0927. The number of hydrogen-bond donors (Lipinski definition) is 1. The van der Waals surface area contributed by atoms with Crippen molar-refractivity contribution >= 4 is 0 Å². The Labute approximate surface area is 79.2 Å². The highest BCUT2D eigenvalue weighted by molar-refractivity contribution is 5.37. The summed E-state index contributed by atoms with van der Waals surface area (Å²) in [5.74, 6) is 1.09. The fraction of sp³-hybridized carbons (Fsp3) is 0.200. The molecule has 1 aromatic rings. The number of aliphatic hydroxyl groups is 1. The van der Waals surface area contributed by atoms with Crippen LogP contribution in [0.4, 0.5) is 13.2 Å². The lowest BCUT2D eigenvalue weighted by Gasteiger charge is -1.97. The first-order valence-electron chi connectivity index (χ1n) is 3.90. The van der Waals surface area contributed by atoms with Gasteiger partial charge in [0.25, 0.3) is 0 Å². The Kier molecular flexibility index (Phi) is 3.55. The predicted molar refractivity (Wildman–Crippen MR) is 44.9 cm³/mol. The van der Waals surface area contributed by atoms with Crippen molar-refractivity contribution < 1.29 is 18.3 Å². The summed E-state index contributed by atoms with van der Waals surface area (Å²) < 4.78 is 38.4. The molecule has 0 saturated carbocycles. The quantitative estimate of drug-likeness (QED) is 0.541. The van der Waals surface area contributed by atoms with Gasteiger partial charge in [-0.1, -0.05) is 11.8 Å². The monoisotopic (exact) mass is 200 g/mol.